The molecule has 1 fully saturated rings. The highest BCUT2D eigenvalue weighted by atomic mass is 15.2. The third kappa shape index (κ3) is 2.63. The molecular formula is C14H22N2. The first-order valence-electron chi connectivity index (χ1n) is 6.16. The van der Waals surface area contributed by atoms with Gasteiger partial charge in [0.25, 0.3) is 0 Å². The minimum absolute atomic E-state index is 1.11. The van der Waals surface area contributed by atoms with Crippen LogP contribution in [-0.2, 0) is 6.54 Å². The number of hydrogen-bond acceptors (Lipinski definition) is 2. The summed E-state index contributed by atoms with van der Waals surface area (Å²) in [5.41, 5.74) is 5.77. The number of nitrogens with zero attached hydrogens (tertiary/aromatic N) is 1. The van der Waals surface area contributed by atoms with Gasteiger partial charge in [0.2, 0.25) is 0 Å². The first-order chi connectivity index (χ1) is 7.66. The van der Waals surface area contributed by atoms with Crippen LogP contribution in [0.15, 0.2) is 12.1 Å². The number of rotatable bonds is 2. The molecule has 1 aliphatic rings. The second-order valence-corrected chi connectivity index (χ2v) is 4.89. The second-order valence-electron chi connectivity index (χ2n) is 4.89. The van der Waals surface area contributed by atoms with Gasteiger partial charge in [-0.2, -0.15) is 0 Å². The molecule has 0 atom stereocenters. The molecule has 0 amide bonds. The van der Waals surface area contributed by atoms with E-state index in [0.717, 1.165) is 19.6 Å². The first kappa shape index (κ1) is 11.6. The predicted molar refractivity (Wildman–Crippen MR) is 68.8 cm³/mol. The van der Waals surface area contributed by atoms with E-state index in [1.54, 1.807) is 0 Å². The fourth-order valence-corrected chi connectivity index (χ4v) is 2.40. The summed E-state index contributed by atoms with van der Waals surface area (Å²) in [5, 5.41) is 3.40. The maximum atomic E-state index is 3.40. The average Bonchev–Trinajstić information content (AvgIpc) is 2.27. The van der Waals surface area contributed by atoms with Crippen LogP contribution >= 0.6 is 0 Å². The molecule has 1 aliphatic heterocycles. The van der Waals surface area contributed by atoms with Crippen LogP contribution in [0.5, 0.6) is 0 Å². The molecule has 0 aromatic heterocycles. The summed E-state index contributed by atoms with van der Waals surface area (Å²) in [6.45, 7) is 12.4. The van der Waals surface area contributed by atoms with E-state index in [0.29, 0.717) is 0 Å². The molecule has 0 unspecified atom stereocenters. The van der Waals surface area contributed by atoms with Crippen molar-refractivity contribution in [3.63, 3.8) is 0 Å². The molecule has 0 saturated carbocycles. The highest BCUT2D eigenvalue weighted by Crippen LogP contribution is 2.17. The van der Waals surface area contributed by atoms with Gasteiger partial charge in [-0.05, 0) is 37.5 Å². The number of aryl methyl sites for hydroxylation is 2. The molecule has 1 heterocycles. The molecule has 0 spiro atoms. The average molecular weight is 218 g/mol. The zero-order valence-corrected chi connectivity index (χ0v) is 10.6. The van der Waals surface area contributed by atoms with Crippen LogP contribution in [0.4, 0.5) is 0 Å². The maximum absolute atomic E-state index is 3.40. The van der Waals surface area contributed by atoms with Crippen LogP contribution in [0.25, 0.3) is 0 Å². The van der Waals surface area contributed by atoms with Gasteiger partial charge in [0.15, 0.2) is 0 Å². The lowest BCUT2D eigenvalue weighted by Crippen LogP contribution is -2.43. The number of benzene rings is 1. The molecule has 16 heavy (non-hydrogen) atoms. The SMILES string of the molecule is Cc1cc(C)c(C)c(CN2CCNCC2)c1. The predicted octanol–water partition coefficient (Wildman–Crippen LogP) is 2.02. The summed E-state index contributed by atoms with van der Waals surface area (Å²) in [7, 11) is 0. The lowest BCUT2D eigenvalue weighted by molar-refractivity contribution is 0.233. The molecule has 2 nitrogen and oxygen atoms in total. The number of nitrogens with one attached hydrogen (secondary N) is 1. The minimum Gasteiger partial charge on any atom is -0.314 e. The van der Waals surface area contributed by atoms with Gasteiger partial charge in [0.1, 0.15) is 0 Å². The number of piperazine rings is 1. The van der Waals surface area contributed by atoms with Gasteiger partial charge >= 0.3 is 0 Å². The van der Waals surface area contributed by atoms with Crippen LogP contribution in [0, 0.1) is 20.8 Å². The second kappa shape index (κ2) is 4.98. The van der Waals surface area contributed by atoms with Crippen LogP contribution in [0.2, 0.25) is 0 Å². The fourth-order valence-electron chi connectivity index (χ4n) is 2.40. The summed E-state index contributed by atoms with van der Waals surface area (Å²) in [4.78, 5) is 2.54. The van der Waals surface area contributed by atoms with E-state index in [4.69, 9.17) is 0 Å². The van der Waals surface area contributed by atoms with Crippen molar-refractivity contribution in [1.29, 1.82) is 0 Å². The van der Waals surface area contributed by atoms with Crippen molar-refractivity contribution in [3.8, 4) is 0 Å². The Morgan fingerprint density at radius 1 is 1.12 bits per heavy atom. The van der Waals surface area contributed by atoms with E-state index in [2.05, 4.69) is 43.1 Å². The number of hydrogen-bond donors (Lipinski definition) is 1. The third-order valence-corrected chi connectivity index (χ3v) is 3.52. The molecule has 0 bridgehead atoms. The van der Waals surface area contributed by atoms with E-state index in [-0.39, 0.29) is 0 Å². The summed E-state index contributed by atoms with van der Waals surface area (Å²) in [6, 6.07) is 4.61. The zero-order valence-electron chi connectivity index (χ0n) is 10.6. The molecule has 88 valence electrons. The van der Waals surface area contributed by atoms with Gasteiger partial charge in [0, 0.05) is 32.7 Å². The summed E-state index contributed by atoms with van der Waals surface area (Å²) in [6.07, 6.45) is 0. The Labute approximate surface area is 98.7 Å². The summed E-state index contributed by atoms with van der Waals surface area (Å²) < 4.78 is 0. The van der Waals surface area contributed by atoms with Crippen LogP contribution < -0.4 is 5.32 Å². The lowest BCUT2D eigenvalue weighted by Gasteiger charge is -2.28. The summed E-state index contributed by atoms with van der Waals surface area (Å²) >= 11 is 0. The van der Waals surface area contributed by atoms with Gasteiger partial charge in [-0.25, -0.2) is 0 Å². The molecule has 1 aromatic rings. The van der Waals surface area contributed by atoms with Crippen molar-refractivity contribution in [2.24, 2.45) is 0 Å². The van der Waals surface area contributed by atoms with Crippen molar-refractivity contribution >= 4 is 0 Å². The monoisotopic (exact) mass is 218 g/mol. The molecule has 1 N–H and O–H groups in total. The van der Waals surface area contributed by atoms with E-state index in [1.165, 1.54) is 35.3 Å². The Bertz CT molecular complexity index is 365. The topological polar surface area (TPSA) is 15.3 Å². The van der Waals surface area contributed by atoms with E-state index in [1.807, 2.05) is 0 Å². The van der Waals surface area contributed by atoms with Gasteiger partial charge in [-0.1, -0.05) is 17.7 Å². The maximum Gasteiger partial charge on any atom is 0.0237 e. The van der Waals surface area contributed by atoms with E-state index in [9.17, 15) is 0 Å². The van der Waals surface area contributed by atoms with Crippen molar-refractivity contribution in [3.05, 3.63) is 34.4 Å². The Morgan fingerprint density at radius 3 is 2.50 bits per heavy atom. The molecule has 1 aromatic carbocycles. The molecule has 0 radical (unpaired) electrons. The Morgan fingerprint density at radius 2 is 1.81 bits per heavy atom. The molecule has 2 heteroatoms. The highest BCUT2D eigenvalue weighted by molar-refractivity contribution is 5.37. The zero-order chi connectivity index (χ0) is 11.5. The van der Waals surface area contributed by atoms with Crippen molar-refractivity contribution in [2.75, 3.05) is 26.2 Å². The Kier molecular flexibility index (Phi) is 3.62. The van der Waals surface area contributed by atoms with Crippen LogP contribution in [-0.4, -0.2) is 31.1 Å². The van der Waals surface area contributed by atoms with Crippen LogP contribution in [0.1, 0.15) is 22.3 Å². The molecule has 0 aliphatic carbocycles. The van der Waals surface area contributed by atoms with Gasteiger partial charge in [-0.15, -0.1) is 0 Å². The van der Waals surface area contributed by atoms with E-state index < -0.39 is 0 Å². The highest BCUT2D eigenvalue weighted by Gasteiger charge is 2.11. The quantitative estimate of drug-likeness (QED) is 0.817. The Hall–Kier alpha value is -0.860. The first-order valence-corrected chi connectivity index (χ1v) is 6.16. The van der Waals surface area contributed by atoms with Crippen molar-refractivity contribution in [1.82, 2.24) is 10.2 Å². The van der Waals surface area contributed by atoms with Crippen LogP contribution in [0.3, 0.4) is 0 Å². The van der Waals surface area contributed by atoms with Crippen molar-refractivity contribution in [2.45, 2.75) is 27.3 Å². The minimum atomic E-state index is 1.11. The van der Waals surface area contributed by atoms with Gasteiger partial charge < -0.3 is 5.32 Å². The Balaban J connectivity index is 2.13. The fraction of sp³-hybridized carbons (Fsp3) is 0.571. The lowest BCUT2D eigenvalue weighted by atomic mass is 9.99. The van der Waals surface area contributed by atoms with Gasteiger partial charge in [-0.3, -0.25) is 4.90 Å². The molecular weight excluding hydrogens is 196 g/mol. The van der Waals surface area contributed by atoms with Crippen molar-refractivity contribution < 1.29 is 0 Å². The standard InChI is InChI=1S/C14H22N2/c1-11-8-12(2)13(3)14(9-11)10-16-6-4-15-5-7-16/h8-9,15H,4-7,10H2,1-3H3. The summed E-state index contributed by atoms with van der Waals surface area (Å²) in [5.74, 6) is 0. The van der Waals surface area contributed by atoms with E-state index >= 15 is 0 Å². The normalized spacial score (nSPS) is 17.7. The van der Waals surface area contributed by atoms with Gasteiger partial charge in [0.05, 0.1) is 0 Å². The smallest absolute Gasteiger partial charge is 0.0237 e. The largest absolute Gasteiger partial charge is 0.314 e. The third-order valence-electron chi connectivity index (χ3n) is 3.52. The molecule has 1 saturated heterocycles. The molecule has 2 rings (SSSR count).